The first-order valence-corrected chi connectivity index (χ1v) is 7.49. The van der Waals surface area contributed by atoms with Gasteiger partial charge in [0.15, 0.2) is 0 Å². The molecule has 1 heterocycles. The molecule has 0 radical (unpaired) electrons. The standard InChI is InChI=1S/C12H15FN4O2S/c1-8-5-10(13)6-9(2)12(8)20(18,19)16-4-3-11-14-7-15-17-11/h5-7,16H,3-4H2,1-2H3,(H,14,15,17). The predicted octanol–water partition coefficient (Wildman–Crippen LogP) is 1.08. The zero-order valence-electron chi connectivity index (χ0n) is 11.1. The van der Waals surface area contributed by atoms with Gasteiger partial charge in [0.05, 0.1) is 4.90 Å². The number of hydrogen-bond acceptors (Lipinski definition) is 4. The number of sulfonamides is 1. The molecule has 0 atom stereocenters. The van der Waals surface area contributed by atoms with Crippen LogP contribution in [0, 0.1) is 19.7 Å². The molecule has 2 N–H and O–H groups in total. The van der Waals surface area contributed by atoms with Gasteiger partial charge in [-0.1, -0.05) is 0 Å². The third kappa shape index (κ3) is 3.20. The zero-order chi connectivity index (χ0) is 14.8. The van der Waals surface area contributed by atoms with Crippen LogP contribution in [0.4, 0.5) is 4.39 Å². The molecule has 0 aliphatic heterocycles. The Balaban J connectivity index is 2.14. The SMILES string of the molecule is Cc1cc(F)cc(C)c1S(=O)(=O)NCCc1ncn[nH]1. The number of aromatic nitrogens is 3. The number of aromatic amines is 1. The molecule has 0 spiro atoms. The second-order valence-electron chi connectivity index (χ2n) is 4.45. The lowest BCUT2D eigenvalue weighted by molar-refractivity contribution is 0.578. The molecule has 8 heteroatoms. The number of hydrogen-bond donors (Lipinski definition) is 2. The van der Waals surface area contributed by atoms with Crippen molar-refractivity contribution in [1.82, 2.24) is 19.9 Å². The van der Waals surface area contributed by atoms with Gasteiger partial charge in [-0.3, -0.25) is 5.10 Å². The van der Waals surface area contributed by atoms with Crippen molar-refractivity contribution in [3.05, 3.63) is 41.2 Å². The monoisotopic (exact) mass is 298 g/mol. The van der Waals surface area contributed by atoms with Crippen molar-refractivity contribution in [3.63, 3.8) is 0 Å². The van der Waals surface area contributed by atoms with E-state index in [1.54, 1.807) is 13.8 Å². The average Bonchev–Trinajstić information content (AvgIpc) is 2.79. The maximum absolute atomic E-state index is 13.2. The summed E-state index contributed by atoms with van der Waals surface area (Å²) in [6.07, 6.45) is 1.76. The van der Waals surface area contributed by atoms with Crippen LogP contribution in [-0.2, 0) is 16.4 Å². The van der Waals surface area contributed by atoms with E-state index in [1.807, 2.05) is 0 Å². The first-order chi connectivity index (χ1) is 9.40. The lowest BCUT2D eigenvalue weighted by atomic mass is 10.1. The Hall–Kier alpha value is -1.80. The first kappa shape index (κ1) is 14.6. The summed E-state index contributed by atoms with van der Waals surface area (Å²) in [6, 6.07) is 2.41. The Kier molecular flexibility index (Phi) is 4.15. The minimum atomic E-state index is -3.67. The zero-order valence-corrected chi connectivity index (χ0v) is 12.0. The fourth-order valence-corrected chi connectivity index (χ4v) is 3.53. The fraction of sp³-hybridized carbons (Fsp3) is 0.333. The lowest BCUT2D eigenvalue weighted by Crippen LogP contribution is -2.27. The third-order valence-electron chi connectivity index (χ3n) is 2.81. The van der Waals surface area contributed by atoms with Gasteiger partial charge in [0.2, 0.25) is 10.0 Å². The smallest absolute Gasteiger partial charge is 0.241 e. The van der Waals surface area contributed by atoms with Crippen LogP contribution >= 0.6 is 0 Å². The molecule has 0 aliphatic carbocycles. The summed E-state index contributed by atoms with van der Waals surface area (Å²) in [4.78, 5) is 4.03. The quantitative estimate of drug-likeness (QED) is 0.864. The van der Waals surface area contributed by atoms with E-state index < -0.39 is 15.8 Å². The number of nitrogens with zero attached hydrogens (tertiary/aromatic N) is 2. The van der Waals surface area contributed by atoms with Crippen molar-refractivity contribution >= 4 is 10.0 Å². The Morgan fingerprint density at radius 1 is 1.30 bits per heavy atom. The number of rotatable bonds is 5. The second-order valence-corrected chi connectivity index (χ2v) is 6.15. The van der Waals surface area contributed by atoms with E-state index >= 15 is 0 Å². The van der Waals surface area contributed by atoms with Crippen LogP contribution < -0.4 is 4.72 Å². The van der Waals surface area contributed by atoms with E-state index in [4.69, 9.17) is 0 Å². The highest BCUT2D eigenvalue weighted by Gasteiger charge is 2.19. The van der Waals surface area contributed by atoms with Crippen molar-refractivity contribution in [1.29, 1.82) is 0 Å². The summed E-state index contributed by atoms with van der Waals surface area (Å²) < 4.78 is 40.1. The van der Waals surface area contributed by atoms with Crippen LogP contribution in [-0.4, -0.2) is 30.1 Å². The highest BCUT2D eigenvalue weighted by molar-refractivity contribution is 7.89. The first-order valence-electron chi connectivity index (χ1n) is 6.01. The second kappa shape index (κ2) is 5.68. The van der Waals surface area contributed by atoms with E-state index in [2.05, 4.69) is 19.9 Å². The van der Waals surface area contributed by atoms with Crippen molar-refractivity contribution in [2.24, 2.45) is 0 Å². The molecule has 0 amide bonds. The van der Waals surface area contributed by atoms with Gasteiger partial charge in [0.25, 0.3) is 0 Å². The number of benzene rings is 1. The molecule has 2 aromatic rings. The molecule has 1 aromatic carbocycles. The predicted molar refractivity (Wildman–Crippen MR) is 71.1 cm³/mol. The summed E-state index contributed by atoms with van der Waals surface area (Å²) in [6.45, 7) is 3.33. The normalized spacial score (nSPS) is 11.8. The number of aryl methyl sites for hydroxylation is 2. The van der Waals surface area contributed by atoms with Gasteiger partial charge in [-0.25, -0.2) is 22.5 Å². The van der Waals surface area contributed by atoms with E-state index in [1.165, 1.54) is 18.5 Å². The highest BCUT2D eigenvalue weighted by atomic mass is 32.2. The Morgan fingerprint density at radius 2 is 1.95 bits per heavy atom. The Morgan fingerprint density at radius 3 is 2.50 bits per heavy atom. The molecular weight excluding hydrogens is 283 g/mol. The number of halogens is 1. The van der Waals surface area contributed by atoms with Crippen LogP contribution in [0.25, 0.3) is 0 Å². The van der Waals surface area contributed by atoms with E-state index in [0.29, 0.717) is 23.4 Å². The van der Waals surface area contributed by atoms with Crippen LogP contribution in [0.1, 0.15) is 17.0 Å². The van der Waals surface area contributed by atoms with E-state index in [9.17, 15) is 12.8 Å². The maximum Gasteiger partial charge on any atom is 0.241 e. The van der Waals surface area contributed by atoms with Crippen LogP contribution in [0.2, 0.25) is 0 Å². The molecule has 20 heavy (non-hydrogen) atoms. The van der Waals surface area contributed by atoms with Gasteiger partial charge >= 0.3 is 0 Å². The summed E-state index contributed by atoms with van der Waals surface area (Å²) >= 11 is 0. The van der Waals surface area contributed by atoms with Gasteiger partial charge in [0.1, 0.15) is 18.0 Å². The van der Waals surface area contributed by atoms with Gasteiger partial charge < -0.3 is 0 Å². The van der Waals surface area contributed by atoms with Gasteiger partial charge in [0, 0.05) is 13.0 Å². The van der Waals surface area contributed by atoms with Crippen molar-refractivity contribution in [2.45, 2.75) is 25.2 Å². The maximum atomic E-state index is 13.2. The van der Waals surface area contributed by atoms with E-state index in [-0.39, 0.29) is 11.4 Å². The van der Waals surface area contributed by atoms with Crippen molar-refractivity contribution in [3.8, 4) is 0 Å². The minimum Gasteiger partial charge on any atom is -0.263 e. The summed E-state index contributed by atoms with van der Waals surface area (Å²) in [7, 11) is -3.67. The number of H-pyrrole nitrogens is 1. The Labute approximate surface area is 116 Å². The topological polar surface area (TPSA) is 87.7 Å². The average molecular weight is 298 g/mol. The molecule has 2 rings (SSSR count). The van der Waals surface area contributed by atoms with E-state index in [0.717, 1.165) is 0 Å². The van der Waals surface area contributed by atoms with Gasteiger partial charge in [-0.15, -0.1) is 0 Å². The van der Waals surface area contributed by atoms with Crippen LogP contribution in [0.5, 0.6) is 0 Å². The van der Waals surface area contributed by atoms with Crippen molar-refractivity contribution in [2.75, 3.05) is 6.54 Å². The molecule has 6 nitrogen and oxygen atoms in total. The molecule has 0 fully saturated rings. The molecule has 108 valence electrons. The minimum absolute atomic E-state index is 0.122. The molecule has 0 aliphatic rings. The Bertz CT molecular complexity index is 675. The summed E-state index contributed by atoms with van der Waals surface area (Å²) in [5.74, 6) is 0.154. The largest absolute Gasteiger partial charge is 0.263 e. The molecule has 0 unspecified atom stereocenters. The molecule has 1 aromatic heterocycles. The van der Waals surface area contributed by atoms with Gasteiger partial charge in [-0.2, -0.15) is 5.10 Å². The highest BCUT2D eigenvalue weighted by Crippen LogP contribution is 2.21. The molecule has 0 saturated carbocycles. The molecular formula is C12H15FN4O2S. The van der Waals surface area contributed by atoms with Crippen molar-refractivity contribution < 1.29 is 12.8 Å². The molecule has 0 bridgehead atoms. The van der Waals surface area contributed by atoms with Gasteiger partial charge in [-0.05, 0) is 37.1 Å². The van der Waals surface area contributed by atoms with Crippen LogP contribution in [0.3, 0.4) is 0 Å². The third-order valence-corrected chi connectivity index (χ3v) is 4.58. The lowest BCUT2D eigenvalue weighted by Gasteiger charge is -2.11. The molecule has 0 saturated heterocycles. The number of nitrogens with one attached hydrogen (secondary N) is 2. The summed E-state index contributed by atoms with van der Waals surface area (Å²) in [5, 5.41) is 6.33. The van der Waals surface area contributed by atoms with Crippen LogP contribution in [0.15, 0.2) is 23.4 Å². The fourth-order valence-electron chi connectivity index (χ4n) is 2.05. The summed E-state index contributed by atoms with van der Waals surface area (Å²) in [5.41, 5.74) is 0.768.